The summed E-state index contributed by atoms with van der Waals surface area (Å²) in [6.45, 7) is 4.15. The molecule has 0 radical (unpaired) electrons. The molecule has 0 spiro atoms. The molecule has 0 amide bonds. The van der Waals surface area contributed by atoms with Crippen LogP contribution in [0.5, 0.6) is 0 Å². The summed E-state index contributed by atoms with van der Waals surface area (Å²) < 4.78 is 0. The number of carbonyl (C=O) groups is 1. The third-order valence-corrected chi connectivity index (χ3v) is 4.33. The van der Waals surface area contributed by atoms with Crippen molar-refractivity contribution in [2.24, 2.45) is 11.1 Å². The zero-order chi connectivity index (χ0) is 15.9. The van der Waals surface area contributed by atoms with Crippen LogP contribution in [0.1, 0.15) is 38.2 Å². The zero-order valence-corrected chi connectivity index (χ0v) is 12.8. The molecule has 3 rings (SSSR count). The van der Waals surface area contributed by atoms with Crippen molar-refractivity contribution in [3.63, 3.8) is 0 Å². The fourth-order valence-corrected chi connectivity index (χ4v) is 3.41. The van der Waals surface area contributed by atoms with Gasteiger partial charge in [-0.1, -0.05) is 44.2 Å². The van der Waals surface area contributed by atoms with E-state index in [-0.39, 0.29) is 17.1 Å². The molecule has 0 bridgehead atoms. The fraction of sp³-hybridized carbons (Fsp3) is 0.333. The van der Waals surface area contributed by atoms with Crippen LogP contribution in [0.25, 0.3) is 0 Å². The third kappa shape index (κ3) is 2.29. The summed E-state index contributed by atoms with van der Waals surface area (Å²) in [6, 6.07) is 11.8. The number of Topliss-reactive ketones (excluding diaryl/α,β-unsaturated/α-hetero) is 1. The van der Waals surface area contributed by atoms with Gasteiger partial charge in [0.25, 0.3) is 0 Å². The Labute approximate surface area is 130 Å². The summed E-state index contributed by atoms with van der Waals surface area (Å²) in [4.78, 5) is 12.7. The lowest BCUT2D eigenvalue weighted by Gasteiger charge is -2.38. The van der Waals surface area contributed by atoms with Gasteiger partial charge >= 0.3 is 0 Å². The first-order valence-corrected chi connectivity index (χ1v) is 7.41. The van der Waals surface area contributed by atoms with Gasteiger partial charge in [-0.15, -0.1) is 0 Å². The normalized spacial score (nSPS) is 23.7. The molecule has 0 aromatic heterocycles. The number of nitrogens with zero attached hydrogens (tertiary/aromatic N) is 1. The SMILES string of the molecule is CC1(C)CC(=O)C2=C(C1)NC(N)=C(C#N)C2c1ccccc1. The number of nitriles is 1. The summed E-state index contributed by atoms with van der Waals surface area (Å²) in [5.41, 5.74) is 8.91. The van der Waals surface area contributed by atoms with E-state index in [1.165, 1.54) is 0 Å². The van der Waals surface area contributed by atoms with Gasteiger partial charge in [-0.25, -0.2) is 0 Å². The number of rotatable bonds is 1. The number of allylic oxidation sites excluding steroid dienone is 3. The van der Waals surface area contributed by atoms with E-state index in [1.807, 2.05) is 30.3 Å². The van der Waals surface area contributed by atoms with E-state index in [0.29, 0.717) is 23.4 Å². The molecule has 1 heterocycles. The minimum absolute atomic E-state index is 0.0887. The first kappa shape index (κ1) is 14.4. The third-order valence-electron chi connectivity index (χ3n) is 4.33. The highest BCUT2D eigenvalue weighted by Crippen LogP contribution is 2.45. The molecule has 3 N–H and O–H groups in total. The van der Waals surface area contributed by atoms with Gasteiger partial charge in [0.1, 0.15) is 5.82 Å². The molecular weight excluding hydrogens is 274 g/mol. The van der Waals surface area contributed by atoms with Crippen LogP contribution in [0.15, 0.2) is 53.0 Å². The van der Waals surface area contributed by atoms with Crippen molar-refractivity contribution in [3.05, 3.63) is 58.6 Å². The lowest BCUT2D eigenvalue weighted by molar-refractivity contribution is -0.118. The van der Waals surface area contributed by atoms with Crippen molar-refractivity contribution < 1.29 is 4.79 Å². The van der Waals surface area contributed by atoms with Crippen LogP contribution >= 0.6 is 0 Å². The highest BCUT2D eigenvalue weighted by atomic mass is 16.1. The van der Waals surface area contributed by atoms with Crippen molar-refractivity contribution in [2.45, 2.75) is 32.6 Å². The first-order valence-electron chi connectivity index (χ1n) is 7.41. The topological polar surface area (TPSA) is 78.9 Å². The minimum atomic E-state index is -0.356. The number of benzene rings is 1. The van der Waals surface area contributed by atoms with E-state index < -0.39 is 0 Å². The Morgan fingerprint density at radius 2 is 1.95 bits per heavy atom. The van der Waals surface area contributed by atoms with Gasteiger partial charge in [0.15, 0.2) is 5.78 Å². The monoisotopic (exact) mass is 293 g/mol. The molecule has 2 aliphatic rings. The molecule has 1 aliphatic carbocycles. The minimum Gasteiger partial charge on any atom is -0.384 e. The number of hydrogen-bond donors (Lipinski definition) is 2. The lowest BCUT2D eigenvalue weighted by Crippen LogP contribution is -2.39. The van der Waals surface area contributed by atoms with Crippen LogP contribution in [0.4, 0.5) is 0 Å². The Bertz CT molecular complexity index is 735. The quantitative estimate of drug-likeness (QED) is 0.834. The predicted molar refractivity (Wildman–Crippen MR) is 84.2 cm³/mol. The maximum atomic E-state index is 12.7. The van der Waals surface area contributed by atoms with E-state index in [4.69, 9.17) is 5.73 Å². The van der Waals surface area contributed by atoms with Crippen molar-refractivity contribution in [2.75, 3.05) is 0 Å². The van der Waals surface area contributed by atoms with E-state index in [1.54, 1.807) is 0 Å². The Morgan fingerprint density at radius 3 is 2.59 bits per heavy atom. The molecule has 4 nitrogen and oxygen atoms in total. The highest BCUT2D eigenvalue weighted by molar-refractivity contribution is 6.00. The standard InChI is InChI=1S/C18H19N3O/c1-18(2)8-13-16(14(22)9-18)15(11-6-4-3-5-7-11)12(10-19)17(20)21-13/h3-7,15,21H,8-9,20H2,1-2H3. The molecule has 1 atom stereocenters. The van der Waals surface area contributed by atoms with E-state index in [9.17, 15) is 10.1 Å². The van der Waals surface area contributed by atoms with Crippen LogP contribution in [0.3, 0.4) is 0 Å². The average molecular weight is 293 g/mol. The number of carbonyl (C=O) groups excluding carboxylic acids is 1. The highest BCUT2D eigenvalue weighted by Gasteiger charge is 2.41. The molecular formula is C18H19N3O. The molecule has 1 aromatic carbocycles. The number of ketones is 1. The number of nitrogens with two attached hydrogens (primary N) is 1. The van der Waals surface area contributed by atoms with Crippen molar-refractivity contribution in [3.8, 4) is 6.07 Å². The molecule has 1 aromatic rings. The molecule has 112 valence electrons. The molecule has 0 fully saturated rings. The van der Waals surface area contributed by atoms with Gasteiger partial charge in [0.2, 0.25) is 0 Å². The second-order valence-corrected chi connectivity index (χ2v) is 6.74. The summed E-state index contributed by atoms with van der Waals surface area (Å²) in [7, 11) is 0. The molecule has 1 unspecified atom stereocenters. The van der Waals surface area contributed by atoms with Crippen molar-refractivity contribution in [1.29, 1.82) is 5.26 Å². The van der Waals surface area contributed by atoms with Gasteiger partial charge < -0.3 is 11.1 Å². The van der Waals surface area contributed by atoms with E-state index in [0.717, 1.165) is 17.7 Å². The fourth-order valence-electron chi connectivity index (χ4n) is 3.41. The molecule has 1 aliphatic heterocycles. The van der Waals surface area contributed by atoms with Crippen molar-refractivity contribution in [1.82, 2.24) is 5.32 Å². The zero-order valence-electron chi connectivity index (χ0n) is 12.8. The Morgan fingerprint density at radius 1 is 1.27 bits per heavy atom. The maximum Gasteiger partial charge on any atom is 0.162 e. The van der Waals surface area contributed by atoms with Crippen LogP contribution in [0, 0.1) is 16.7 Å². The Hall–Kier alpha value is -2.54. The second kappa shape index (κ2) is 5.03. The molecule has 22 heavy (non-hydrogen) atoms. The maximum absolute atomic E-state index is 12.7. The molecule has 4 heteroatoms. The number of nitrogens with one attached hydrogen (secondary N) is 1. The second-order valence-electron chi connectivity index (χ2n) is 6.74. The lowest BCUT2D eigenvalue weighted by atomic mass is 9.69. The predicted octanol–water partition coefficient (Wildman–Crippen LogP) is 2.71. The van der Waals surface area contributed by atoms with Crippen LogP contribution < -0.4 is 11.1 Å². The molecule has 0 saturated carbocycles. The largest absolute Gasteiger partial charge is 0.384 e. The van der Waals surface area contributed by atoms with Crippen molar-refractivity contribution >= 4 is 5.78 Å². The summed E-state index contributed by atoms with van der Waals surface area (Å²) in [5, 5.41) is 12.6. The van der Waals surface area contributed by atoms with Gasteiger partial charge in [-0.2, -0.15) is 5.26 Å². The van der Waals surface area contributed by atoms with Crippen LogP contribution in [0.2, 0.25) is 0 Å². The van der Waals surface area contributed by atoms with Crippen LogP contribution in [-0.4, -0.2) is 5.78 Å². The smallest absolute Gasteiger partial charge is 0.162 e. The van der Waals surface area contributed by atoms with Gasteiger partial charge in [0, 0.05) is 17.7 Å². The number of dihydropyridines is 1. The summed E-state index contributed by atoms with van der Waals surface area (Å²) in [6.07, 6.45) is 1.26. The molecule has 0 saturated heterocycles. The van der Waals surface area contributed by atoms with Crippen LogP contribution in [-0.2, 0) is 4.79 Å². The first-order chi connectivity index (χ1) is 10.4. The van der Waals surface area contributed by atoms with Gasteiger partial charge in [-0.3, -0.25) is 4.79 Å². The van der Waals surface area contributed by atoms with Gasteiger partial charge in [0.05, 0.1) is 17.6 Å². The van der Waals surface area contributed by atoms with Gasteiger partial charge in [-0.05, 0) is 17.4 Å². The Kier molecular flexibility index (Phi) is 3.29. The van der Waals surface area contributed by atoms with E-state index in [2.05, 4.69) is 25.2 Å². The van der Waals surface area contributed by atoms with E-state index >= 15 is 0 Å². The Balaban J connectivity index is 2.18. The summed E-state index contributed by atoms with van der Waals surface area (Å²) >= 11 is 0. The number of hydrogen-bond acceptors (Lipinski definition) is 4. The summed E-state index contributed by atoms with van der Waals surface area (Å²) in [5.74, 6) is 0.111. The average Bonchev–Trinajstić information content (AvgIpc) is 2.45.